The molecule has 0 fully saturated rings. The van der Waals surface area contributed by atoms with Crippen molar-refractivity contribution in [3.05, 3.63) is 23.8 Å². The maximum Gasteiger partial charge on any atom is 0.224 e. The highest BCUT2D eigenvalue weighted by molar-refractivity contribution is 5.87. The number of nitrogens with two attached hydrogens (primary N) is 1. The Labute approximate surface area is 229 Å². The van der Waals surface area contributed by atoms with E-state index in [-0.39, 0.29) is 30.6 Å². The van der Waals surface area contributed by atoms with Gasteiger partial charge in [-0.1, -0.05) is 33.8 Å². The summed E-state index contributed by atoms with van der Waals surface area (Å²) < 4.78 is 16.5. The number of ether oxygens (including phenoxy) is 3. The molecule has 8 heteroatoms. The van der Waals surface area contributed by atoms with Gasteiger partial charge in [-0.15, -0.1) is 0 Å². The number of carbonyl (C=O) groups is 3. The Morgan fingerprint density at radius 3 is 2.24 bits per heavy atom. The van der Waals surface area contributed by atoms with E-state index < -0.39 is 17.2 Å². The van der Waals surface area contributed by atoms with Gasteiger partial charge in [-0.25, -0.2) is 0 Å². The monoisotopic (exact) mass is 534 g/mol. The number of hydrogen-bond acceptors (Lipinski definition) is 6. The number of nitrogens with one attached hydrogen (secondary N) is 1. The molecule has 0 saturated carbocycles. The summed E-state index contributed by atoms with van der Waals surface area (Å²) in [5, 5.41) is 2.82. The van der Waals surface area contributed by atoms with Crippen molar-refractivity contribution in [3.8, 4) is 11.5 Å². The topological polar surface area (TPSA) is 117 Å². The third-order valence-corrected chi connectivity index (χ3v) is 7.17. The third kappa shape index (κ3) is 11.4. The molecule has 0 radical (unpaired) electrons. The summed E-state index contributed by atoms with van der Waals surface area (Å²) in [5.41, 5.74) is 5.70. The summed E-state index contributed by atoms with van der Waals surface area (Å²) in [6.45, 7) is 12.9. The van der Waals surface area contributed by atoms with Crippen molar-refractivity contribution in [3.63, 3.8) is 0 Å². The molecule has 0 spiro atoms. The number of primary amides is 1. The van der Waals surface area contributed by atoms with Crippen LogP contribution in [0.5, 0.6) is 11.5 Å². The van der Waals surface area contributed by atoms with Crippen molar-refractivity contribution in [2.75, 3.05) is 34.0 Å². The van der Waals surface area contributed by atoms with Gasteiger partial charge in [0.05, 0.1) is 19.1 Å². The molecular weight excluding hydrogens is 484 g/mol. The van der Waals surface area contributed by atoms with E-state index in [0.29, 0.717) is 43.0 Å². The number of amides is 2. The molecule has 3 N–H and O–H groups in total. The quantitative estimate of drug-likeness (QED) is 0.251. The van der Waals surface area contributed by atoms with Gasteiger partial charge in [0.15, 0.2) is 11.5 Å². The molecule has 1 rings (SSSR count). The van der Waals surface area contributed by atoms with Crippen LogP contribution < -0.4 is 20.5 Å². The minimum atomic E-state index is -0.845. The highest BCUT2D eigenvalue weighted by Crippen LogP contribution is 2.31. The van der Waals surface area contributed by atoms with E-state index in [2.05, 4.69) is 19.2 Å². The van der Waals surface area contributed by atoms with Crippen molar-refractivity contribution in [1.29, 1.82) is 0 Å². The normalized spacial score (nSPS) is 13.3. The van der Waals surface area contributed by atoms with Crippen LogP contribution in [0.1, 0.15) is 72.8 Å². The number of benzene rings is 1. The van der Waals surface area contributed by atoms with Gasteiger partial charge >= 0.3 is 0 Å². The SMILES string of the molecule is COCCCOc1cc(CC(CCC(=O)CC(C(=O)NCC(C)(C)C(N)=O)C(C)C)C(C)C)ccc1OC. The molecule has 1 aromatic carbocycles. The van der Waals surface area contributed by atoms with Gasteiger partial charge < -0.3 is 25.3 Å². The van der Waals surface area contributed by atoms with Crippen LogP contribution >= 0.6 is 0 Å². The van der Waals surface area contributed by atoms with Crippen LogP contribution in [0.15, 0.2) is 18.2 Å². The summed E-state index contributed by atoms with van der Waals surface area (Å²) in [4.78, 5) is 37.4. The largest absolute Gasteiger partial charge is 0.493 e. The van der Waals surface area contributed by atoms with Crippen molar-refractivity contribution in [2.24, 2.45) is 34.8 Å². The Kier molecular flexibility index (Phi) is 14.4. The molecule has 2 atom stereocenters. The van der Waals surface area contributed by atoms with E-state index in [9.17, 15) is 14.4 Å². The second-order valence-electron chi connectivity index (χ2n) is 11.5. The highest BCUT2D eigenvalue weighted by atomic mass is 16.5. The van der Waals surface area contributed by atoms with Gasteiger partial charge in [-0.2, -0.15) is 0 Å². The second kappa shape index (κ2) is 16.4. The Morgan fingerprint density at radius 2 is 1.68 bits per heavy atom. The Morgan fingerprint density at radius 1 is 1.00 bits per heavy atom. The first kappa shape index (κ1) is 33.4. The predicted octanol–water partition coefficient (Wildman–Crippen LogP) is 4.56. The molecule has 0 bridgehead atoms. The van der Waals surface area contributed by atoms with Crippen LogP contribution in [-0.2, 0) is 25.5 Å². The van der Waals surface area contributed by atoms with Gasteiger partial charge in [-0.3, -0.25) is 14.4 Å². The van der Waals surface area contributed by atoms with Crippen molar-refractivity contribution in [2.45, 2.75) is 73.6 Å². The number of Topliss-reactive ketones (excluding diaryl/α,β-unsaturated/α-hetero) is 1. The zero-order chi connectivity index (χ0) is 28.9. The lowest BCUT2D eigenvalue weighted by Crippen LogP contribution is -2.45. The summed E-state index contributed by atoms with van der Waals surface area (Å²) in [6, 6.07) is 6.00. The highest BCUT2D eigenvalue weighted by Gasteiger charge is 2.30. The van der Waals surface area contributed by atoms with Crippen LogP contribution in [0, 0.1) is 29.1 Å². The van der Waals surface area contributed by atoms with Gasteiger partial charge in [-0.05, 0) is 62.1 Å². The van der Waals surface area contributed by atoms with E-state index in [1.54, 1.807) is 28.1 Å². The van der Waals surface area contributed by atoms with E-state index in [0.717, 1.165) is 24.8 Å². The predicted molar refractivity (Wildman–Crippen MR) is 150 cm³/mol. The maximum atomic E-state index is 13.0. The fraction of sp³-hybridized carbons (Fsp3) is 0.700. The van der Waals surface area contributed by atoms with Gasteiger partial charge in [0.25, 0.3) is 0 Å². The first-order chi connectivity index (χ1) is 17.8. The summed E-state index contributed by atoms with van der Waals surface area (Å²) in [6.07, 6.45) is 2.96. The van der Waals surface area contributed by atoms with Gasteiger partial charge in [0, 0.05) is 45.4 Å². The van der Waals surface area contributed by atoms with Crippen molar-refractivity contribution in [1.82, 2.24) is 5.32 Å². The molecule has 0 saturated heterocycles. The second-order valence-corrected chi connectivity index (χ2v) is 11.5. The first-order valence-electron chi connectivity index (χ1n) is 13.7. The third-order valence-electron chi connectivity index (χ3n) is 7.17. The first-order valence-corrected chi connectivity index (χ1v) is 13.7. The lowest BCUT2D eigenvalue weighted by molar-refractivity contribution is -0.132. The molecule has 0 aliphatic carbocycles. The molecule has 1 aromatic rings. The van der Waals surface area contributed by atoms with Crippen LogP contribution in [0.25, 0.3) is 0 Å². The smallest absolute Gasteiger partial charge is 0.224 e. The fourth-order valence-corrected chi connectivity index (χ4v) is 4.17. The maximum absolute atomic E-state index is 13.0. The average Bonchev–Trinajstić information content (AvgIpc) is 2.85. The molecule has 0 heterocycles. The molecule has 8 nitrogen and oxygen atoms in total. The Bertz CT molecular complexity index is 897. The lowest BCUT2D eigenvalue weighted by atomic mass is 9.83. The standard InChI is InChI=1S/C30H50N2O6/c1-20(2)23(16-22-10-13-26(37-8)27(17-22)38-15-9-14-36-7)11-12-24(33)18-25(21(3)4)28(34)32-19-30(5,6)29(31)35/h10,13,17,20-21,23,25H,9,11-12,14-16,18-19H2,1-8H3,(H2,31,35)(H,32,34). The van der Waals surface area contributed by atoms with Gasteiger partial charge in [0.2, 0.25) is 11.8 Å². The van der Waals surface area contributed by atoms with Crippen molar-refractivity contribution < 1.29 is 28.6 Å². The van der Waals surface area contributed by atoms with Crippen LogP contribution in [0.2, 0.25) is 0 Å². The molecule has 216 valence electrons. The van der Waals surface area contributed by atoms with Crippen LogP contribution in [0.4, 0.5) is 0 Å². The molecule has 2 amide bonds. The minimum Gasteiger partial charge on any atom is -0.493 e. The van der Waals surface area contributed by atoms with E-state index in [1.807, 2.05) is 32.0 Å². The minimum absolute atomic E-state index is 0.00172. The van der Waals surface area contributed by atoms with Crippen LogP contribution in [-0.4, -0.2) is 51.6 Å². The number of ketones is 1. The zero-order valence-electron chi connectivity index (χ0n) is 24.7. The molecule has 0 aliphatic rings. The number of carbonyl (C=O) groups excluding carboxylic acids is 3. The summed E-state index contributed by atoms with van der Waals surface area (Å²) >= 11 is 0. The van der Waals surface area contributed by atoms with E-state index >= 15 is 0 Å². The van der Waals surface area contributed by atoms with Crippen LogP contribution in [0.3, 0.4) is 0 Å². The lowest BCUT2D eigenvalue weighted by Gasteiger charge is -2.25. The zero-order valence-corrected chi connectivity index (χ0v) is 24.7. The van der Waals surface area contributed by atoms with E-state index in [4.69, 9.17) is 19.9 Å². The molecule has 2 unspecified atom stereocenters. The van der Waals surface area contributed by atoms with Gasteiger partial charge in [0.1, 0.15) is 5.78 Å². The van der Waals surface area contributed by atoms with Crippen molar-refractivity contribution >= 4 is 17.6 Å². The molecule has 38 heavy (non-hydrogen) atoms. The fourth-order valence-electron chi connectivity index (χ4n) is 4.17. The summed E-state index contributed by atoms with van der Waals surface area (Å²) in [5.74, 6) is 1.05. The molecule has 0 aromatic heterocycles. The number of methoxy groups -OCH3 is 2. The average molecular weight is 535 g/mol. The Hall–Kier alpha value is -2.61. The number of rotatable bonds is 19. The summed E-state index contributed by atoms with van der Waals surface area (Å²) in [7, 11) is 3.30. The number of hydrogen-bond donors (Lipinski definition) is 2. The Balaban J connectivity index is 2.77. The molecular formula is C30H50N2O6. The van der Waals surface area contributed by atoms with E-state index in [1.165, 1.54) is 0 Å². The molecule has 0 aliphatic heterocycles.